The van der Waals surface area contributed by atoms with Crippen LogP contribution in [-0.2, 0) is 9.59 Å². The summed E-state index contributed by atoms with van der Waals surface area (Å²) in [6, 6.07) is 11.2. The predicted octanol–water partition coefficient (Wildman–Crippen LogP) is 3.74. The molecule has 3 aliphatic rings. The number of pyridine rings is 1. The van der Waals surface area contributed by atoms with E-state index in [0.29, 0.717) is 60.6 Å². The molecule has 0 radical (unpaired) electrons. The fourth-order valence-corrected chi connectivity index (χ4v) is 5.49. The van der Waals surface area contributed by atoms with Crippen molar-refractivity contribution in [3.8, 4) is 11.9 Å². The predicted molar refractivity (Wildman–Crippen MR) is 135 cm³/mol. The Kier molecular flexibility index (Phi) is 6.48. The number of halogens is 2. The van der Waals surface area contributed by atoms with E-state index in [9.17, 15) is 14.9 Å². The smallest absolute Gasteiger partial charge is 0.243 e. The van der Waals surface area contributed by atoms with Gasteiger partial charge in [-0.1, -0.05) is 29.3 Å². The van der Waals surface area contributed by atoms with Gasteiger partial charge < -0.3 is 20.3 Å². The van der Waals surface area contributed by atoms with E-state index < -0.39 is 5.41 Å². The molecule has 3 heterocycles. The lowest BCUT2D eigenvalue weighted by Gasteiger charge is -2.41. The zero-order valence-corrected chi connectivity index (χ0v) is 21.4. The number of anilines is 1. The molecule has 2 aromatic rings. The quantitative estimate of drug-likeness (QED) is 0.612. The number of hydrogen-bond donors (Lipinski definition) is 1. The topological polar surface area (TPSA) is 113 Å². The minimum absolute atomic E-state index is 0.0152. The molecule has 3 fully saturated rings. The van der Waals surface area contributed by atoms with Crippen molar-refractivity contribution in [3.63, 3.8) is 0 Å². The number of hydrogen-bond acceptors (Lipinski definition) is 6. The molecule has 8 nitrogen and oxygen atoms in total. The average Bonchev–Trinajstić information content (AvgIpc) is 3.51. The molecule has 2 N–H and O–H groups in total. The Bertz CT molecular complexity index is 1220. The number of carbonyl (C=O) groups excluding carboxylic acids is 2. The Morgan fingerprint density at radius 2 is 1.89 bits per heavy atom. The third-order valence-electron chi connectivity index (χ3n) is 7.61. The van der Waals surface area contributed by atoms with Gasteiger partial charge in [0.2, 0.25) is 17.7 Å². The molecule has 2 aliphatic heterocycles. The van der Waals surface area contributed by atoms with Gasteiger partial charge >= 0.3 is 0 Å². The van der Waals surface area contributed by atoms with Gasteiger partial charge in [0, 0.05) is 44.1 Å². The number of benzene rings is 1. The van der Waals surface area contributed by atoms with E-state index in [1.54, 1.807) is 29.3 Å². The van der Waals surface area contributed by atoms with Crippen molar-refractivity contribution in [2.24, 2.45) is 17.3 Å². The molecule has 188 valence electrons. The van der Waals surface area contributed by atoms with Crippen LogP contribution in [0.15, 0.2) is 36.5 Å². The maximum Gasteiger partial charge on any atom is 0.243 e. The SMILES string of the molecule is C[C@H](Oc1ccc(N)cn1)[C@H]1CN(C(=O)C2CN(C(=O)C3(C#N)CC3)C2)C[C@@H]1c1ccc(Cl)c(Cl)c1. The summed E-state index contributed by atoms with van der Waals surface area (Å²) in [5.41, 5.74) is 6.43. The Morgan fingerprint density at radius 3 is 2.50 bits per heavy atom. The number of ether oxygens (including phenoxy) is 1. The Morgan fingerprint density at radius 1 is 1.14 bits per heavy atom. The van der Waals surface area contributed by atoms with Gasteiger partial charge in [0.1, 0.15) is 11.5 Å². The number of nitrogens with two attached hydrogens (primary N) is 1. The molecule has 3 atom stereocenters. The first-order valence-corrected chi connectivity index (χ1v) is 12.8. The van der Waals surface area contributed by atoms with Crippen LogP contribution in [0.3, 0.4) is 0 Å². The first-order chi connectivity index (χ1) is 17.2. The molecule has 1 aromatic heterocycles. The molecule has 5 rings (SSSR count). The van der Waals surface area contributed by atoms with Crippen molar-refractivity contribution in [1.29, 1.82) is 5.26 Å². The second kappa shape index (κ2) is 9.45. The van der Waals surface area contributed by atoms with E-state index in [0.717, 1.165) is 5.56 Å². The highest BCUT2D eigenvalue weighted by Gasteiger charge is 2.55. The molecular weight excluding hydrogens is 501 g/mol. The van der Waals surface area contributed by atoms with Crippen molar-refractivity contribution in [3.05, 3.63) is 52.1 Å². The lowest BCUT2D eigenvalue weighted by Crippen LogP contribution is -2.57. The summed E-state index contributed by atoms with van der Waals surface area (Å²) in [6.45, 7) is 3.72. The Balaban J connectivity index is 1.30. The van der Waals surface area contributed by atoms with E-state index in [-0.39, 0.29) is 35.7 Å². The van der Waals surface area contributed by atoms with Gasteiger partial charge in [-0.15, -0.1) is 0 Å². The number of rotatable bonds is 6. The van der Waals surface area contributed by atoms with Gasteiger partial charge in [0.15, 0.2) is 0 Å². The summed E-state index contributed by atoms with van der Waals surface area (Å²) < 4.78 is 6.15. The average molecular weight is 528 g/mol. The number of nitrogen functional groups attached to an aromatic ring is 1. The first-order valence-electron chi connectivity index (χ1n) is 12.0. The molecular formula is C26H27Cl2N5O3. The molecule has 10 heteroatoms. The third kappa shape index (κ3) is 4.58. The van der Waals surface area contributed by atoms with Crippen LogP contribution in [0, 0.1) is 28.6 Å². The number of nitriles is 1. The van der Waals surface area contributed by atoms with Gasteiger partial charge in [0.05, 0.1) is 33.9 Å². The number of amides is 2. The van der Waals surface area contributed by atoms with E-state index in [2.05, 4.69) is 11.1 Å². The van der Waals surface area contributed by atoms with Gasteiger partial charge in [-0.3, -0.25) is 9.59 Å². The van der Waals surface area contributed by atoms with Crippen LogP contribution in [0.2, 0.25) is 10.0 Å². The highest BCUT2D eigenvalue weighted by atomic mass is 35.5. The Labute approximate surface area is 219 Å². The number of likely N-dealkylation sites (tertiary alicyclic amines) is 2. The summed E-state index contributed by atoms with van der Waals surface area (Å²) in [7, 11) is 0. The summed E-state index contributed by atoms with van der Waals surface area (Å²) in [6.07, 6.45) is 2.52. The van der Waals surface area contributed by atoms with Gasteiger partial charge in [-0.25, -0.2) is 4.98 Å². The van der Waals surface area contributed by atoms with Gasteiger partial charge in [-0.2, -0.15) is 5.26 Å². The molecule has 1 aliphatic carbocycles. The summed E-state index contributed by atoms with van der Waals surface area (Å²) in [4.78, 5) is 33.7. The van der Waals surface area contributed by atoms with Gasteiger partial charge in [-0.05, 0) is 43.5 Å². The zero-order valence-electron chi connectivity index (χ0n) is 19.9. The molecule has 0 bridgehead atoms. The van der Waals surface area contributed by atoms with Crippen molar-refractivity contribution in [2.75, 3.05) is 31.9 Å². The third-order valence-corrected chi connectivity index (χ3v) is 8.35. The second-order valence-corrected chi connectivity index (χ2v) is 10.9. The van der Waals surface area contributed by atoms with Crippen LogP contribution in [0.1, 0.15) is 31.2 Å². The number of nitrogens with zero attached hydrogens (tertiary/aromatic N) is 4. The molecule has 2 amide bonds. The standard InChI is InChI=1S/C26H27Cl2N5O3/c1-15(36-23-5-3-18(30)9-31-23)19-12-32(13-20(19)16-2-4-21(27)22(28)8-16)24(34)17-10-33(11-17)25(35)26(14-29)6-7-26/h2-5,8-9,15,17,19-20H,6-7,10-13,30H2,1H3/t15-,19+,20+/m0/s1. The van der Waals surface area contributed by atoms with E-state index >= 15 is 0 Å². The summed E-state index contributed by atoms with van der Waals surface area (Å²) >= 11 is 12.5. The normalized spacial score (nSPS) is 23.5. The number of aromatic nitrogens is 1. The minimum atomic E-state index is -0.853. The van der Waals surface area contributed by atoms with E-state index in [4.69, 9.17) is 33.7 Å². The monoisotopic (exact) mass is 527 g/mol. The second-order valence-electron chi connectivity index (χ2n) is 10.0. The van der Waals surface area contributed by atoms with Crippen molar-refractivity contribution in [2.45, 2.75) is 31.8 Å². The van der Waals surface area contributed by atoms with Gasteiger partial charge in [0.25, 0.3) is 0 Å². The molecule has 1 saturated carbocycles. The van der Waals surface area contributed by atoms with Crippen LogP contribution >= 0.6 is 23.2 Å². The maximum atomic E-state index is 13.4. The number of carbonyl (C=O) groups is 2. The maximum absolute atomic E-state index is 13.4. The Hall–Kier alpha value is -3.02. The zero-order chi connectivity index (χ0) is 25.6. The molecule has 0 spiro atoms. The van der Waals surface area contributed by atoms with Crippen molar-refractivity contribution >= 4 is 40.7 Å². The van der Waals surface area contributed by atoms with Crippen molar-refractivity contribution in [1.82, 2.24) is 14.8 Å². The van der Waals surface area contributed by atoms with Crippen LogP contribution in [-0.4, -0.2) is 58.9 Å². The lowest BCUT2D eigenvalue weighted by atomic mass is 9.86. The fraction of sp³-hybridized carbons (Fsp3) is 0.462. The fourth-order valence-electron chi connectivity index (χ4n) is 5.18. The first kappa shape index (κ1) is 24.7. The highest BCUT2D eigenvalue weighted by molar-refractivity contribution is 6.42. The van der Waals surface area contributed by atoms with Crippen LogP contribution in [0.5, 0.6) is 5.88 Å². The molecule has 0 unspecified atom stereocenters. The molecule has 36 heavy (non-hydrogen) atoms. The lowest BCUT2D eigenvalue weighted by molar-refractivity contribution is -0.150. The highest BCUT2D eigenvalue weighted by Crippen LogP contribution is 2.47. The largest absolute Gasteiger partial charge is 0.474 e. The summed E-state index contributed by atoms with van der Waals surface area (Å²) in [5, 5.41) is 10.2. The van der Waals surface area contributed by atoms with Crippen molar-refractivity contribution < 1.29 is 14.3 Å². The minimum Gasteiger partial charge on any atom is -0.474 e. The van der Waals surface area contributed by atoms with E-state index in [1.807, 2.05) is 24.0 Å². The molecule has 1 aromatic carbocycles. The van der Waals surface area contributed by atoms with E-state index in [1.165, 1.54) is 0 Å². The van der Waals surface area contributed by atoms with Crippen LogP contribution in [0.25, 0.3) is 0 Å². The molecule has 2 saturated heterocycles. The van der Waals surface area contributed by atoms with Crippen LogP contribution in [0.4, 0.5) is 5.69 Å². The van der Waals surface area contributed by atoms with Crippen LogP contribution < -0.4 is 10.5 Å². The summed E-state index contributed by atoms with van der Waals surface area (Å²) in [5.74, 6) is 0.0576.